The van der Waals surface area contributed by atoms with E-state index >= 15 is 0 Å². The molecule has 4 aromatic rings. The fourth-order valence-corrected chi connectivity index (χ4v) is 4.49. The maximum absolute atomic E-state index is 12.9. The van der Waals surface area contributed by atoms with Crippen LogP contribution in [0, 0.1) is 0 Å². The van der Waals surface area contributed by atoms with Gasteiger partial charge in [-0.3, -0.25) is 9.52 Å². The van der Waals surface area contributed by atoms with Crippen molar-refractivity contribution in [3.63, 3.8) is 0 Å². The van der Waals surface area contributed by atoms with Gasteiger partial charge in [-0.25, -0.2) is 13.2 Å². The van der Waals surface area contributed by atoms with Gasteiger partial charge in [0, 0.05) is 0 Å². The molecule has 182 valence electrons. The second-order valence-corrected chi connectivity index (χ2v) is 9.13. The Morgan fingerprint density at radius 2 is 1.60 bits per heavy atom. The van der Waals surface area contributed by atoms with Crippen molar-refractivity contribution in [1.82, 2.24) is 15.3 Å². The first-order valence-electron chi connectivity index (χ1n) is 10.8. The molecular formula is C24H24N4O6S. The predicted octanol–water partition coefficient (Wildman–Crippen LogP) is 2.86. The molecule has 0 bridgehead atoms. The van der Waals surface area contributed by atoms with Gasteiger partial charge in [-0.05, 0) is 61.5 Å². The second kappa shape index (κ2) is 10.3. The zero-order valence-corrected chi connectivity index (χ0v) is 19.6. The van der Waals surface area contributed by atoms with Crippen molar-refractivity contribution in [3.05, 3.63) is 82.8 Å². The van der Waals surface area contributed by atoms with E-state index in [-0.39, 0.29) is 29.3 Å². The molecule has 0 aliphatic heterocycles. The Bertz CT molecular complexity index is 1490. The average molecular weight is 497 g/mol. The van der Waals surface area contributed by atoms with Crippen LogP contribution in [0.1, 0.15) is 17.3 Å². The molecule has 11 heteroatoms. The summed E-state index contributed by atoms with van der Waals surface area (Å²) in [4.78, 5) is 29.2. The number of hydrogen-bond donors (Lipinski definition) is 4. The lowest BCUT2D eigenvalue weighted by Crippen LogP contribution is -2.29. The van der Waals surface area contributed by atoms with Gasteiger partial charge in [0.1, 0.15) is 18.1 Å². The van der Waals surface area contributed by atoms with Crippen LogP contribution in [0.3, 0.4) is 0 Å². The van der Waals surface area contributed by atoms with E-state index in [0.29, 0.717) is 23.4 Å². The summed E-state index contributed by atoms with van der Waals surface area (Å²) >= 11 is 0. The lowest BCUT2D eigenvalue weighted by atomic mass is 10.1. The molecule has 0 saturated heterocycles. The topological polar surface area (TPSA) is 142 Å². The van der Waals surface area contributed by atoms with Gasteiger partial charge >= 0.3 is 5.69 Å². The summed E-state index contributed by atoms with van der Waals surface area (Å²) < 4.78 is 39.3. The molecule has 10 nitrogen and oxygen atoms in total. The van der Waals surface area contributed by atoms with E-state index in [4.69, 9.17) is 9.47 Å². The largest absolute Gasteiger partial charge is 0.494 e. The van der Waals surface area contributed by atoms with Crippen LogP contribution in [-0.2, 0) is 10.0 Å². The normalized spacial score (nSPS) is 11.2. The molecule has 0 atom stereocenters. The van der Waals surface area contributed by atoms with Crippen LogP contribution < -0.4 is 25.2 Å². The molecule has 35 heavy (non-hydrogen) atoms. The summed E-state index contributed by atoms with van der Waals surface area (Å²) in [5.41, 5.74) is 0.696. The Hall–Kier alpha value is -4.25. The summed E-state index contributed by atoms with van der Waals surface area (Å²) in [5, 5.41) is 2.73. The highest BCUT2D eigenvalue weighted by atomic mass is 32.2. The molecule has 0 aliphatic carbocycles. The van der Waals surface area contributed by atoms with Crippen molar-refractivity contribution in [3.8, 4) is 11.5 Å². The summed E-state index contributed by atoms with van der Waals surface area (Å²) in [6.07, 6.45) is 0. The highest BCUT2D eigenvalue weighted by Gasteiger charge is 2.19. The molecule has 4 N–H and O–H groups in total. The summed E-state index contributed by atoms with van der Waals surface area (Å²) in [6, 6.07) is 17.6. The molecule has 0 saturated carbocycles. The minimum Gasteiger partial charge on any atom is -0.494 e. The van der Waals surface area contributed by atoms with Gasteiger partial charge in [-0.1, -0.05) is 12.1 Å². The van der Waals surface area contributed by atoms with Gasteiger partial charge in [0.2, 0.25) is 0 Å². The lowest BCUT2D eigenvalue weighted by molar-refractivity contribution is 0.0948. The number of anilines is 1. The van der Waals surface area contributed by atoms with Crippen LogP contribution in [0.4, 0.5) is 5.69 Å². The Labute approximate surface area is 201 Å². The molecule has 0 unspecified atom stereocenters. The number of nitrogens with one attached hydrogen (secondary N) is 4. The molecular weight excluding hydrogens is 472 g/mol. The molecule has 0 aliphatic rings. The third-order valence-corrected chi connectivity index (χ3v) is 6.37. The van der Waals surface area contributed by atoms with E-state index in [1.165, 1.54) is 30.3 Å². The molecule has 0 radical (unpaired) electrons. The van der Waals surface area contributed by atoms with Crippen LogP contribution in [0.5, 0.6) is 11.5 Å². The van der Waals surface area contributed by atoms with E-state index < -0.39 is 21.6 Å². The van der Waals surface area contributed by atoms with Gasteiger partial charge in [-0.15, -0.1) is 0 Å². The number of aromatic nitrogens is 2. The number of sulfonamides is 1. The number of benzene rings is 3. The van der Waals surface area contributed by atoms with Gasteiger partial charge < -0.3 is 24.8 Å². The molecule has 1 amide bonds. The van der Waals surface area contributed by atoms with E-state index in [2.05, 4.69) is 20.0 Å². The predicted molar refractivity (Wildman–Crippen MR) is 132 cm³/mol. The molecule has 4 rings (SSSR count). The summed E-state index contributed by atoms with van der Waals surface area (Å²) in [7, 11) is -4.02. The second-order valence-electron chi connectivity index (χ2n) is 7.45. The first-order valence-corrected chi connectivity index (χ1v) is 12.3. The van der Waals surface area contributed by atoms with E-state index in [9.17, 15) is 18.0 Å². The quantitative estimate of drug-likeness (QED) is 0.249. The number of carbonyl (C=O) groups is 1. The van der Waals surface area contributed by atoms with Crippen molar-refractivity contribution in [2.75, 3.05) is 24.5 Å². The Balaban J connectivity index is 1.39. The standard InChI is InChI=1S/C24H24N4O6S/c1-2-33-16-7-9-17(10-8-16)34-14-13-25-23(29)19-5-3-4-6-20(19)28-35(31,32)18-11-12-21-22(15-18)27-24(30)26-21/h3-12,15,28H,2,13-14H2,1H3,(H,25,29)(H2,26,27,30). The number of amides is 1. The third kappa shape index (κ3) is 5.82. The van der Waals surface area contributed by atoms with Crippen molar-refractivity contribution in [2.24, 2.45) is 0 Å². The summed E-state index contributed by atoms with van der Waals surface area (Å²) in [6.45, 7) is 2.92. The number of imidazole rings is 1. The number of para-hydroxylation sites is 1. The van der Waals surface area contributed by atoms with Crippen LogP contribution in [0.25, 0.3) is 11.0 Å². The monoisotopic (exact) mass is 496 g/mol. The maximum atomic E-state index is 12.9. The van der Waals surface area contributed by atoms with Crippen molar-refractivity contribution < 1.29 is 22.7 Å². The highest BCUT2D eigenvalue weighted by Crippen LogP contribution is 2.22. The van der Waals surface area contributed by atoms with Crippen molar-refractivity contribution in [2.45, 2.75) is 11.8 Å². The molecule has 1 aromatic heterocycles. The fraction of sp³-hybridized carbons (Fsp3) is 0.167. The van der Waals surface area contributed by atoms with Gasteiger partial charge in [-0.2, -0.15) is 0 Å². The van der Waals surface area contributed by atoms with Gasteiger partial charge in [0.25, 0.3) is 15.9 Å². The van der Waals surface area contributed by atoms with E-state index in [0.717, 1.165) is 5.75 Å². The molecule has 1 heterocycles. The van der Waals surface area contributed by atoms with Gasteiger partial charge in [0.15, 0.2) is 0 Å². The van der Waals surface area contributed by atoms with Crippen molar-refractivity contribution in [1.29, 1.82) is 0 Å². The number of hydrogen-bond acceptors (Lipinski definition) is 6. The smallest absolute Gasteiger partial charge is 0.323 e. The maximum Gasteiger partial charge on any atom is 0.323 e. The Morgan fingerprint density at radius 1 is 0.914 bits per heavy atom. The molecule has 0 spiro atoms. The van der Waals surface area contributed by atoms with Crippen LogP contribution in [0.15, 0.2) is 76.4 Å². The highest BCUT2D eigenvalue weighted by molar-refractivity contribution is 7.92. The van der Waals surface area contributed by atoms with Crippen molar-refractivity contribution >= 4 is 32.7 Å². The Kier molecular flexibility index (Phi) is 7.06. The van der Waals surface area contributed by atoms with Crippen LogP contribution >= 0.6 is 0 Å². The zero-order valence-electron chi connectivity index (χ0n) is 18.8. The van der Waals surface area contributed by atoms with E-state index in [1.807, 2.05) is 6.92 Å². The molecule has 0 fully saturated rings. The van der Waals surface area contributed by atoms with E-state index in [1.54, 1.807) is 36.4 Å². The number of aromatic amines is 2. The third-order valence-electron chi connectivity index (χ3n) is 5.00. The Morgan fingerprint density at radius 3 is 2.34 bits per heavy atom. The summed E-state index contributed by atoms with van der Waals surface area (Å²) in [5.74, 6) is 0.925. The fourth-order valence-electron chi connectivity index (χ4n) is 3.38. The first-order chi connectivity index (χ1) is 16.9. The number of fused-ring (bicyclic) bond motifs is 1. The zero-order chi connectivity index (χ0) is 24.8. The number of rotatable bonds is 10. The first kappa shape index (κ1) is 23.9. The SMILES string of the molecule is CCOc1ccc(OCCNC(=O)c2ccccc2NS(=O)(=O)c2ccc3[nH]c(=O)[nH]c3c2)cc1. The lowest BCUT2D eigenvalue weighted by Gasteiger charge is -2.13. The minimum absolute atomic E-state index is 0.0563. The number of carbonyl (C=O) groups excluding carboxylic acids is 1. The average Bonchev–Trinajstić information content (AvgIpc) is 3.22. The number of H-pyrrole nitrogens is 2. The van der Waals surface area contributed by atoms with Crippen LogP contribution in [-0.4, -0.2) is 44.1 Å². The van der Waals surface area contributed by atoms with Crippen LogP contribution in [0.2, 0.25) is 0 Å². The minimum atomic E-state index is -4.02. The van der Waals surface area contributed by atoms with Gasteiger partial charge in [0.05, 0.1) is 40.3 Å². The number of ether oxygens (including phenoxy) is 2. The molecule has 3 aromatic carbocycles.